The molecule has 4 aromatic carbocycles. The average molecular weight is 785 g/mol. The minimum atomic E-state index is -6.31. The highest BCUT2D eigenvalue weighted by Gasteiger charge is 2.75. The summed E-state index contributed by atoms with van der Waals surface area (Å²) in [6, 6.07) is 18.7. The van der Waals surface area contributed by atoms with Crippen molar-refractivity contribution in [2.45, 2.75) is 72.5 Å². The lowest BCUT2D eigenvalue weighted by Crippen LogP contribution is -2.58. The molecule has 0 spiro atoms. The van der Waals surface area contributed by atoms with Gasteiger partial charge in [0.25, 0.3) is 5.60 Å². The van der Waals surface area contributed by atoms with Gasteiger partial charge in [-0.05, 0) is 73.2 Å². The van der Waals surface area contributed by atoms with E-state index >= 15 is 26.3 Å². The Morgan fingerprint density at radius 1 is 0.685 bits per heavy atom. The second-order valence-electron chi connectivity index (χ2n) is 13.7. The second kappa shape index (κ2) is 15.3. The minimum absolute atomic E-state index is 0.0970. The Morgan fingerprint density at radius 3 is 1.81 bits per heavy atom. The molecule has 0 N–H and O–H groups in total. The molecule has 0 unspecified atom stereocenters. The van der Waals surface area contributed by atoms with Crippen LogP contribution in [0.25, 0.3) is 0 Å². The summed E-state index contributed by atoms with van der Waals surface area (Å²) >= 11 is 0. The quantitative estimate of drug-likeness (QED) is 0.119. The fraction of sp³-hybridized carbons (Fsp3) is 0.385. The van der Waals surface area contributed by atoms with Gasteiger partial charge in [0, 0.05) is 49.9 Å². The lowest BCUT2D eigenvalue weighted by Gasteiger charge is -2.47. The SMILES string of the molecule is O=S(=O)(c1ccc(F)cc1)C1(c2ccccc2C(OCc2c(F)cccc2F)(C(F)(F)F)C(F)(F)F)CCC(N2CCN(Cc3ccccc3)CC2)CC1. The van der Waals surface area contributed by atoms with Crippen molar-refractivity contribution in [3.63, 3.8) is 0 Å². The van der Waals surface area contributed by atoms with Gasteiger partial charge in [-0.3, -0.25) is 9.80 Å². The van der Waals surface area contributed by atoms with Crippen molar-refractivity contribution in [2.24, 2.45) is 0 Å². The van der Waals surface area contributed by atoms with Gasteiger partial charge >= 0.3 is 12.4 Å². The summed E-state index contributed by atoms with van der Waals surface area (Å²) in [6.45, 7) is 1.53. The Balaban J connectivity index is 1.41. The van der Waals surface area contributed by atoms with Gasteiger partial charge in [0.2, 0.25) is 0 Å². The Bertz CT molecular complexity index is 1970. The molecule has 4 aromatic rings. The van der Waals surface area contributed by atoms with Crippen LogP contribution in [0.2, 0.25) is 0 Å². The van der Waals surface area contributed by atoms with E-state index in [1.165, 1.54) is 0 Å². The molecule has 1 aliphatic carbocycles. The molecule has 54 heavy (non-hydrogen) atoms. The maximum atomic E-state index is 15.2. The van der Waals surface area contributed by atoms with Crippen LogP contribution >= 0.6 is 0 Å². The zero-order valence-corrected chi connectivity index (χ0v) is 29.6. The topological polar surface area (TPSA) is 49.9 Å². The number of piperazine rings is 1. The minimum Gasteiger partial charge on any atom is -0.349 e. The molecule has 2 fully saturated rings. The molecule has 6 rings (SSSR count). The van der Waals surface area contributed by atoms with Crippen LogP contribution in [0.4, 0.5) is 39.5 Å². The fourth-order valence-corrected chi connectivity index (χ4v) is 10.0. The normalized spacial score (nSPS) is 20.9. The summed E-state index contributed by atoms with van der Waals surface area (Å²) in [4.78, 5) is 3.92. The average Bonchev–Trinajstić information content (AvgIpc) is 3.13. The number of hydrogen-bond acceptors (Lipinski definition) is 5. The van der Waals surface area contributed by atoms with E-state index in [1.54, 1.807) is 0 Å². The van der Waals surface area contributed by atoms with E-state index in [0.29, 0.717) is 44.4 Å². The first-order valence-electron chi connectivity index (χ1n) is 17.3. The van der Waals surface area contributed by atoms with E-state index in [1.807, 2.05) is 30.3 Å². The molecule has 1 saturated heterocycles. The number of hydrogen-bond donors (Lipinski definition) is 0. The second-order valence-corrected chi connectivity index (χ2v) is 16.0. The van der Waals surface area contributed by atoms with Crippen molar-refractivity contribution in [2.75, 3.05) is 26.2 Å². The Kier molecular flexibility index (Phi) is 11.3. The highest BCUT2D eigenvalue weighted by molar-refractivity contribution is 7.92. The number of halogens is 9. The molecular weight excluding hydrogens is 747 g/mol. The van der Waals surface area contributed by atoms with Gasteiger partial charge in [-0.2, -0.15) is 26.3 Å². The molecule has 1 aliphatic heterocycles. The summed E-state index contributed by atoms with van der Waals surface area (Å²) in [5.74, 6) is -3.67. The lowest BCUT2D eigenvalue weighted by molar-refractivity contribution is -0.393. The molecule has 290 valence electrons. The summed E-state index contributed by atoms with van der Waals surface area (Å²) in [7, 11) is -4.85. The van der Waals surface area contributed by atoms with Crippen LogP contribution in [0.15, 0.2) is 102 Å². The molecule has 15 heteroatoms. The van der Waals surface area contributed by atoms with E-state index < -0.39 is 78.2 Å². The maximum Gasteiger partial charge on any atom is 0.430 e. The van der Waals surface area contributed by atoms with Crippen LogP contribution in [0.5, 0.6) is 0 Å². The summed E-state index contributed by atoms with van der Waals surface area (Å²) in [5.41, 5.74) is -7.65. The predicted molar refractivity (Wildman–Crippen MR) is 182 cm³/mol. The molecule has 1 saturated carbocycles. The van der Waals surface area contributed by atoms with Gasteiger partial charge in [0.1, 0.15) is 22.2 Å². The van der Waals surface area contributed by atoms with Crippen molar-refractivity contribution >= 4 is 9.84 Å². The van der Waals surface area contributed by atoms with Gasteiger partial charge in [-0.15, -0.1) is 0 Å². The fourth-order valence-electron chi connectivity index (χ4n) is 7.83. The number of nitrogens with zero attached hydrogens (tertiary/aromatic N) is 2. The van der Waals surface area contributed by atoms with Crippen LogP contribution in [0.3, 0.4) is 0 Å². The van der Waals surface area contributed by atoms with Crippen LogP contribution in [-0.2, 0) is 38.1 Å². The maximum absolute atomic E-state index is 15.2. The third kappa shape index (κ3) is 7.39. The van der Waals surface area contributed by atoms with Crippen molar-refractivity contribution in [1.29, 1.82) is 0 Å². The molecule has 0 atom stereocenters. The Labute approximate surface area is 307 Å². The van der Waals surface area contributed by atoms with Crippen LogP contribution in [-0.4, -0.2) is 62.8 Å². The number of sulfone groups is 1. The largest absolute Gasteiger partial charge is 0.430 e. The monoisotopic (exact) mass is 784 g/mol. The number of benzene rings is 4. The van der Waals surface area contributed by atoms with Crippen LogP contribution in [0, 0.1) is 17.5 Å². The third-order valence-electron chi connectivity index (χ3n) is 10.7. The first-order valence-corrected chi connectivity index (χ1v) is 18.8. The van der Waals surface area contributed by atoms with Gasteiger partial charge in [0.05, 0.1) is 11.5 Å². The van der Waals surface area contributed by atoms with Gasteiger partial charge in [0.15, 0.2) is 9.84 Å². The van der Waals surface area contributed by atoms with E-state index in [9.17, 15) is 21.6 Å². The molecule has 5 nitrogen and oxygen atoms in total. The lowest BCUT2D eigenvalue weighted by atomic mass is 9.75. The smallest absolute Gasteiger partial charge is 0.349 e. The van der Waals surface area contributed by atoms with Crippen LogP contribution in [0.1, 0.15) is 47.9 Å². The summed E-state index contributed by atoms with van der Waals surface area (Å²) in [6.07, 6.45) is -13.2. The third-order valence-corrected chi connectivity index (χ3v) is 13.2. The molecule has 0 radical (unpaired) electrons. The first-order chi connectivity index (χ1) is 25.5. The highest BCUT2D eigenvalue weighted by atomic mass is 32.2. The molecular formula is C39H37F9N2O3S. The van der Waals surface area contributed by atoms with Crippen molar-refractivity contribution in [1.82, 2.24) is 9.80 Å². The molecule has 1 heterocycles. The van der Waals surface area contributed by atoms with Crippen molar-refractivity contribution in [3.05, 3.63) is 137 Å². The predicted octanol–water partition coefficient (Wildman–Crippen LogP) is 9.07. The number of ether oxygens (including phenoxy) is 1. The van der Waals surface area contributed by atoms with Crippen molar-refractivity contribution in [3.8, 4) is 0 Å². The van der Waals surface area contributed by atoms with E-state index in [0.717, 1.165) is 60.6 Å². The van der Waals surface area contributed by atoms with E-state index in [2.05, 4.69) is 14.5 Å². The van der Waals surface area contributed by atoms with Gasteiger partial charge < -0.3 is 4.74 Å². The van der Waals surface area contributed by atoms with E-state index in [4.69, 9.17) is 0 Å². The highest BCUT2D eigenvalue weighted by Crippen LogP contribution is 2.58. The first kappa shape index (κ1) is 39.8. The Hall–Kier alpha value is -3.92. The van der Waals surface area contributed by atoms with Crippen LogP contribution < -0.4 is 0 Å². The number of alkyl halides is 6. The Morgan fingerprint density at radius 2 is 1.24 bits per heavy atom. The zero-order chi connectivity index (χ0) is 38.9. The standard InChI is InChI=1S/C39H37F9N2O3S/c40-28-13-15-30(16-14-28)54(51,52)36(19-17-29(18-20-36)50-23-21-49(22-24-50)25-27-7-2-1-3-8-27)32-9-4-5-10-33(32)37(38(43,44)45,39(46,47)48)53-26-31-34(41)11-6-12-35(31)42/h1-16,29H,17-26H2. The van der Waals surface area contributed by atoms with Crippen molar-refractivity contribution < 1.29 is 52.7 Å². The molecule has 0 bridgehead atoms. The van der Waals surface area contributed by atoms with Gasteiger partial charge in [-0.25, -0.2) is 21.6 Å². The summed E-state index contributed by atoms with van der Waals surface area (Å²) < 4.78 is 166. The zero-order valence-electron chi connectivity index (χ0n) is 28.8. The molecule has 2 aliphatic rings. The van der Waals surface area contributed by atoms with E-state index in [-0.39, 0.29) is 31.7 Å². The molecule has 0 amide bonds. The molecule has 0 aromatic heterocycles. The van der Waals surface area contributed by atoms with Gasteiger partial charge in [-0.1, -0.05) is 60.7 Å². The number of rotatable bonds is 10. The summed E-state index contributed by atoms with van der Waals surface area (Å²) in [5, 5.41) is 0.